The smallest absolute Gasteiger partial charge is 0.387 e. The van der Waals surface area contributed by atoms with Crippen LogP contribution in [0.15, 0.2) is 36.4 Å². The summed E-state index contributed by atoms with van der Waals surface area (Å²) in [4.78, 5) is 30.2. The molecule has 0 radical (unpaired) electrons. The van der Waals surface area contributed by atoms with Crippen molar-refractivity contribution in [2.75, 3.05) is 14.1 Å². The fourth-order valence-corrected chi connectivity index (χ4v) is 4.36. The van der Waals surface area contributed by atoms with Gasteiger partial charge >= 0.3 is 12.6 Å². The molecule has 7 nitrogen and oxygen atoms in total. The Morgan fingerprint density at radius 3 is 2.91 bits per heavy atom. The number of hydrogen-bond donors (Lipinski definition) is 0. The summed E-state index contributed by atoms with van der Waals surface area (Å²) >= 11 is 0. The first-order chi connectivity index (χ1) is 16.6. The lowest BCUT2D eigenvalue weighted by atomic mass is 9.97. The van der Waals surface area contributed by atoms with E-state index in [-0.39, 0.29) is 23.3 Å². The number of nitrogens with zero attached hydrogens (tertiary/aromatic N) is 3. The first-order valence-corrected chi connectivity index (χ1v) is 9.63. The van der Waals surface area contributed by atoms with Crippen LogP contribution in [-0.2, 0) is 9.53 Å². The summed E-state index contributed by atoms with van der Waals surface area (Å²) in [6, 6.07) is 7.42. The third kappa shape index (κ3) is 2.99. The van der Waals surface area contributed by atoms with Crippen molar-refractivity contribution in [2.24, 2.45) is 0 Å². The van der Waals surface area contributed by atoms with Crippen LogP contribution in [-0.4, -0.2) is 47.0 Å². The molecule has 0 saturated heterocycles. The number of hydrogen-bond acceptors (Lipinski definition) is 5. The number of rotatable bonds is 2. The fraction of sp³-hybridized carbons (Fsp3) is 0.261. The third-order valence-electron chi connectivity index (χ3n) is 5.64. The van der Waals surface area contributed by atoms with E-state index >= 15 is 0 Å². The topological polar surface area (TPSA) is 73.7 Å². The molecule has 2 aliphatic heterocycles. The van der Waals surface area contributed by atoms with Crippen LogP contribution in [0, 0.1) is 11.8 Å². The molecule has 0 N–H and O–H groups in total. The molecule has 1 amide bonds. The Bertz CT molecular complexity index is 1440. The highest BCUT2D eigenvalue weighted by Gasteiger charge is 2.44. The van der Waals surface area contributed by atoms with Crippen LogP contribution < -0.4 is 4.74 Å². The molecule has 2 bridgehead atoms. The van der Waals surface area contributed by atoms with Crippen molar-refractivity contribution in [1.29, 1.82) is 0 Å². The Morgan fingerprint density at radius 2 is 2.16 bits per heavy atom. The standard InChI is InChI=1S/C23H17F2N3O4/c1-27-17-11-16(20-13(22(27)30)4-3-5-18(20)32-23(24)25)28-15-10-12(7-9-19(29)31-2)6-8-14(15)26-21(17)28/h3-6,8,10,16-17,23H,11H2,1-2H3/t16-,17-/m1/s1/i1D3. The van der Waals surface area contributed by atoms with E-state index in [0.717, 1.165) is 4.90 Å². The molecule has 0 saturated carbocycles. The van der Waals surface area contributed by atoms with Gasteiger partial charge < -0.3 is 18.9 Å². The maximum atomic E-state index is 13.4. The van der Waals surface area contributed by atoms with Crippen molar-refractivity contribution in [3.63, 3.8) is 0 Å². The van der Waals surface area contributed by atoms with Gasteiger partial charge in [0.15, 0.2) is 0 Å². The number of amides is 1. The first kappa shape index (κ1) is 16.7. The van der Waals surface area contributed by atoms with Gasteiger partial charge in [0, 0.05) is 40.1 Å². The van der Waals surface area contributed by atoms with E-state index in [2.05, 4.69) is 21.6 Å². The van der Waals surface area contributed by atoms with E-state index in [1.165, 1.54) is 25.3 Å². The van der Waals surface area contributed by atoms with Gasteiger partial charge in [-0.1, -0.05) is 12.0 Å². The number of methoxy groups -OCH3 is 1. The van der Waals surface area contributed by atoms with E-state index in [9.17, 15) is 18.4 Å². The Balaban J connectivity index is 1.77. The van der Waals surface area contributed by atoms with E-state index in [4.69, 9.17) is 8.85 Å². The molecule has 0 aliphatic carbocycles. The summed E-state index contributed by atoms with van der Waals surface area (Å²) in [5.74, 6) is 3.60. The molecule has 3 aromatic rings. The van der Waals surface area contributed by atoms with E-state index in [1.54, 1.807) is 22.8 Å². The maximum Gasteiger partial charge on any atom is 0.387 e. The van der Waals surface area contributed by atoms with Crippen molar-refractivity contribution < 1.29 is 32.0 Å². The van der Waals surface area contributed by atoms with Gasteiger partial charge in [0.05, 0.1) is 30.2 Å². The zero-order valence-corrected chi connectivity index (χ0v) is 16.6. The number of benzene rings is 2. The van der Waals surface area contributed by atoms with E-state index in [0.29, 0.717) is 22.4 Å². The number of aromatic nitrogens is 2. The number of halogens is 2. The fourth-order valence-electron chi connectivity index (χ4n) is 4.36. The highest BCUT2D eigenvalue weighted by Crippen LogP contribution is 2.49. The molecular formula is C23H17F2N3O4. The summed E-state index contributed by atoms with van der Waals surface area (Å²) in [5.41, 5.74) is 1.64. The van der Waals surface area contributed by atoms with Crippen LogP contribution >= 0.6 is 0 Å². The van der Waals surface area contributed by atoms with Gasteiger partial charge in [-0.3, -0.25) is 4.79 Å². The lowest BCUT2D eigenvalue weighted by Gasteiger charge is -2.24. The zero-order valence-electron chi connectivity index (χ0n) is 19.6. The van der Waals surface area contributed by atoms with Crippen LogP contribution in [0.3, 0.4) is 0 Å². The minimum Gasteiger partial charge on any atom is -0.459 e. The Kier molecular flexibility index (Phi) is 3.84. The number of esters is 1. The SMILES string of the molecule is [2H]C([2H])([2H])N1C(=O)c2cccc(OC(F)F)c2[C@H]2C[C@@H]1c1nc3ccc(C#CC(=O)OC)cc3n12. The van der Waals surface area contributed by atoms with Crippen LogP contribution in [0.2, 0.25) is 0 Å². The van der Waals surface area contributed by atoms with Gasteiger partial charge in [0.2, 0.25) is 0 Å². The number of ether oxygens (including phenoxy) is 2. The van der Waals surface area contributed by atoms with Crippen molar-refractivity contribution >= 4 is 22.9 Å². The average Bonchev–Trinajstić information content (AvgIpc) is 3.29. The van der Waals surface area contributed by atoms with E-state index in [1.807, 2.05) is 0 Å². The highest BCUT2D eigenvalue weighted by molar-refractivity contribution is 5.98. The highest BCUT2D eigenvalue weighted by atomic mass is 19.3. The molecule has 1 aromatic heterocycles. The Morgan fingerprint density at radius 1 is 1.31 bits per heavy atom. The molecule has 32 heavy (non-hydrogen) atoms. The summed E-state index contributed by atoms with van der Waals surface area (Å²) in [7, 11) is 1.21. The summed E-state index contributed by atoms with van der Waals surface area (Å²) in [6.45, 7) is -5.95. The van der Waals surface area contributed by atoms with Gasteiger partial charge in [0.25, 0.3) is 5.91 Å². The van der Waals surface area contributed by atoms with Crippen LogP contribution in [0.4, 0.5) is 8.78 Å². The molecular weight excluding hydrogens is 420 g/mol. The summed E-state index contributed by atoms with van der Waals surface area (Å²) < 4.78 is 61.6. The van der Waals surface area contributed by atoms with Gasteiger partial charge in [-0.2, -0.15) is 8.78 Å². The summed E-state index contributed by atoms with van der Waals surface area (Å²) in [5, 5.41) is 0. The second-order valence-corrected chi connectivity index (χ2v) is 7.32. The second kappa shape index (κ2) is 7.34. The molecule has 2 aliphatic rings. The van der Waals surface area contributed by atoms with Crippen LogP contribution in [0.5, 0.6) is 5.75 Å². The molecule has 9 heteroatoms. The first-order valence-electron chi connectivity index (χ1n) is 11.1. The molecule has 2 atom stereocenters. The number of carbonyl (C=O) groups excluding carboxylic acids is 2. The minimum atomic E-state index is -3.14. The maximum absolute atomic E-state index is 13.4. The van der Waals surface area contributed by atoms with Crippen LogP contribution in [0.25, 0.3) is 11.0 Å². The molecule has 3 heterocycles. The van der Waals surface area contributed by atoms with Crippen molar-refractivity contribution in [3.05, 3.63) is 58.9 Å². The quantitative estimate of drug-likeness (QED) is 0.452. The third-order valence-corrected chi connectivity index (χ3v) is 5.64. The molecule has 5 rings (SSSR count). The van der Waals surface area contributed by atoms with Crippen molar-refractivity contribution in [2.45, 2.75) is 25.1 Å². The molecule has 0 fully saturated rings. The van der Waals surface area contributed by atoms with Crippen molar-refractivity contribution in [3.8, 4) is 17.6 Å². The lowest BCUT2D eigenvalue weighted by Crippen LogP contribution is -2.30. The average molecular weight is 440 g/mol. The minimum absolute atomic E-state index is 0.0269. The number of imidazole rings is 1. The van der Waals surface area contributed by atoms with Crippen molar-refractivity contribution in [1.82, 2.24) is 14.5 Å². The van der Waals surface area contributed by atoms with Gasteiger partial charge in [0.1, 0.15) is 11.6 Å². The van der Waals surface area contributed by atoms with E-state index < -0.39 is 37.5 Å². The second-order valence-electron chi connectivity index (χ2n) is 7.32. The van der Waals surface area contributed by atoms with Gasteiger partial charge in [-0.25, -0.2) is 9.78 Å². The Labute approximate surface area is 185 Å². The molecule has 0 unspecified atom stereocenters. The largest absolute Gasteiger partial charge is 0.459 e. The molecule has 2 aromatic carbocycles. The normalized spacial score (nSPS) is 20.4. The predicted octanol–water partition coefficient (Wildman–Crippen LogP) is 3.28. The number of alkyl halides is 2. The monoisotopic (exact) mass is 440 g/mol. The zero-order chi connectivity index (χ0) is 25.1. The molecule has 0 spiro atoms. The van der Waals surface area contributed by atoms with Gasteiger partial charge in [-0.15, -0.1) is 0 Å². The predicted molar refractivity (Wildman–Crippen MR) is 109 cm³/mol. The number of fused-ring (bicyclic) bond motifs is 9. The number of carbonyl (C=O) groups is 2. The van der Waals surface area contributed by atoms with Crippen LogP contribution in [0.1, 0.15) is 49.9 Å². The Hall–Kier alpha value is -3.93. The lowest BCUT2D eigenvalue weighted by molar-refractivity contribution is -0.133. The molecule has 162 valence electrons. The van der Waals surface area contributed by atoms with Gasteiger partial charge in [-0.05, 0) is 30.3 Å². The summed E-state index contributed by atoms with van der Waals surface area (Å²) in [6.07, 6.45) is 0.108.